The molecule has 6 heteroatoms. The van der Waals surface area contributed by atoms with Gasteiger partial charge in [0.2, 0.25) is 5.91 Å². The van der Waals surface area contributed by atoms with Crippen LogP contribution in [0.1, 0.15) is 29.2 Å². The topological polar surface area (TPSA) is 57.2 Å². The number of carbonyl (C=O) groups is 1. The minimum Gasteiger partial charge on any atom is -0.375 e. The fourth-order valence-corrected chi connectivity index (χ4v) is 4.58. The Labute approximate surface area is 249 Å². The maximum atomic E-state index is 13.7. The molecule has 6 nitrogen and oxygen atoms in total. The van der Waals surface area contributed by atoms with Crippen molar-refractivity contribution in [2.75, 3.05) is 26.4 Å². The third-order valence-corrected chi connectivity index (χ3v) is 6.94. The van der Waals surface area contributed by atoms with Gasteiger partial charge in [-0.25, -0.2) is 0 Å². The molecule has 0 spiro atoms. The Balaban J connectivity index is 1.44. The lowest BCUT2D eigenvalue weighted by molar-refractivity contribution is -0.147. The third-order valence-electron chi connectivity index (χ3n) is 6.94. The highest BCUT2D eigenvalue weighted by atomic mass is 16.5. The Morgan fingerprint density at radius 2 is 1.02 bits per heavy atom. The molecule has 0 saturated carbocycles. The van der Waals surface area contributed by atoms with Crippen molar-refractivity contribution in [1.29, 1.82) is 0 Å². The summed E-state index contributed by atoms with van der Waals surface area (Å²) in [5, 5.41) is 0. The Bertz CT molecular complexity index is 1270. The highest BCUT2D eigenvalue weighted by Gasteiger charge is 2.29. The zero-order valence-electron chi connectivity index (χ0n) is 24.3. The van der Waals surface area contributed by atoms with E-state index in [1.807, 2.05) is 128 Å². The molecule has 4 rings (SSSR count). The van der Waals surface area contributed by atoms with Crippen LogP contribution in [0, 0.1) is 0 Å². The molecule has 0 saturated heterocycles. The van der Waals surface area contributed by atoms with Gasteiger partial charge in [0.1, 0.15) is 6.61 Å². The number of benzene rings is 4. The van der Waals surface area contributed by atoms with E-state index in [2.05, 4.69) is 0 Å². The lowest BCUT2D eigenvalue weighted by atomic mass is 10.1. The maximum Gasteiger partial charge on any atom is 0.249 e. The van der Waals surface area contributed by atoms with Crippen molar-refractivity contribution in [2.24, 2.45) is 0 Å². The predicted molar refractivity (Wildman–Crippen MR) is 164 cm³/mol. The quantitative estimate of drug-likeness (QED) is 0.130. The van der Waals surface area contributed by atoms with Gasteiger partial charge in [-0.15, -0.1) is 0 Å². The minimum atomic E-state index is -0.342. The average molecular weight is 568 g/mol. The monoisotopic (exact) mass is 567 g/mol. The van der Waals surface area contributed by atoms with Crippen molar-refractivity contribution < 1.29 is 23.7 Å². The van der Waals surface area contributed by atoms with Crippen LogP contribution in [0.2, 0.25) is 0 Å². The molecule has 0 aliphatic heterocycles. The third kappa shape index (κ3) is 10.9. The second-order valence-corrected chi connectivity index (χ2v) is 10.2. The van der Waals surface area contributed by atoms with E-state index in [-0.39, 0.29) is 24.7 Å². The Kier molecular flexibility index (Phi) is 13.3. The van der Waals surface area contributed by atoms with Crippen LogP contribution in [0.15, 0.2) is 121 Å². The van der Waals surface area contributed by atoms with Gasteiger partial charge in [0, 0.05) is 6.54 Å². The van der Waals surface area contributed by atoms with Crippen LogP contribution < -0.4 is 0 Å². The van der Waals surface area contributed by atoms with E-state index in [0.717, 1.165) is 22.3 Å². The minimum absolute atomic E-state index is 0.0475. The van der Waals surface area contributed by atoms with Gasteiger partial charge < -0.3 is 23.8 Å². The van der Waals surface area contributed by atoms with E-state index < -0.39 is 0 Å². The fraction of sp³-hybridized carbons (Fsp3) is 0.306. The molecular formula is C36H41NO5. The van der Waals surface area contributed by atoms with Gasteiger partial charge in [0.15, 0.2) is 0 Å². The lowest BCUT2D eigenvalue weighted by Crippen LogP contribution is -2.52. The zero-order chi connectivity index (χ0) is 29.2. The van der Waals surface area contributed by atoms with Crippen molar-refractivity contribution in [2.45, 2.75) is 45.5 Å². The van der Waals surface area contributed by atoms with Crippen LogP contribution in [-0.4, -0.2) is 49.3 Å². The van der Waals surface area contributed by atoms with Gasteiger partial charge in [-0.05, 0) is 29.2 Å². The van der Waals surface area contributed by atoms with Crippen molar-refractivity contribution in [3.05, 3.63) is 144 Å². The molecular weight excluding hydrogens is 526 g/mol. The summed E-state index contributed by atoms with van der Waals surface area (Å²) in [5.41, 5.74) is 4.25. The van der Waals surface area contributed by atoms with Gasteiger partial charge in [0.25, 0.3) is 0 Å². The maximum absolute atomic E-state index is 13.7. The first kappa shape index (κ1) is 31.1. The Hall–Kier alpha value is -3.81. The molecule has 42 heavy (non-hydrogen) atoms. The number of amides is 1. The molecule has 0 aliphatic rings. The summed E-state index contributed by atoms with van der Waals surface area (Å²) in [7, 11) is 0. The molecule has 4 aromatic carbocycles. The molecule has 0 bridgehead atoms. The van der Waals surface area contributed by atoms with E-state index in [1.165, 1.54) is 0 Å². The van der Waals surface area contributed by atoms with E-state index in [1.54, 1.807) is 4.90 Å². The molecule has 0 heterocycles. The summed E-state index contributed by atoms with van der Waals surface area (Å²) >= 11 is 0. The van der Waals surface area contributed by atoms with Gasteiger partial charge in [-0.2, -0.15) is 0 Å². The zero-order valence-corrected chi connectivity index (χ0v) is 24.3. The van der Waals surface area contributed by atoms with E-state index in [4.69, 9.17) is 18.9 Å². The normalized spacial score (nSPS) is 12.5. The first-order valence-corrected chi connectivity index (χ1v) is 14.5. The standard InChI is InChI=1S/C36H41NO5/c1-30(42-27-34-20-12-5-13-21-34)35(28-40-25-32-16-8-3-9-17-32)37(22-23-39-24-31-14-6-2-7-15-31)36(38)29-41-26-33-18-10-4-11-19-33/h2-21,30,35H,22-29H2,1H3. The van der Waals surface area contributed by atoms with Crippen molar-refractivity contribution >= 4 is 5.91 Å². The smallest absolute Gasteiger partial charge is 0.249 e. The number of hydrogen-bond acceptors (Lipinski definition) is 5. The highest BCUT2D eigenvalue weighted by Crippen LogP contribution is 2.15. The summed E-state index contributed by atoms with van der Waals surface area (Å²) in [6.07, 6.45) is -0.298. The lowest BCUT2D eigenvalue weighted by Gasteiger charge is -2.35. The van der Waals surface area contributed by atoms with Crippen LogP contribution >= 0.6 is 0 Å². The SMILES string of the molecule is CC(OCc1ccccc1)C(COCc1ccccc1)N(CCOCc1ccccc1)C(=O)COCc1ccccc1. The van der Waals surface area contributed by atoms with Crippen molar-refractivity contribution in [3.63, 3.8) is 0 Å². The number of rotatable bonds is 18. The van der Waals surface area contributed by atoms with Crippen molar-refractivity contribution in [1.82, 2.24) is 4.90 Å². The van der Waals surface area contributed by atoms with E-state index in [0.29, 0.717) is 46.2 Å². The van der Waals surface area contributed by atoms with Crippen LogP contribution in [0.25, 0.3) is 0 Å². The fourth-order valence-electron chi connectivity index (χ4n) is 4.58. The second-order valence-electron chi connectivity index (χ2n) is 10.2. The summed E-state index contributed by atoms with van der Waals surface area (Å²) in [4.78, 5) is 15.5. The molecule has 0 aromatic heterocycles. The first-order chi connectivity index (χ1) is 20.7. The number of ether oxygens (including phenoxy) is 4. The molecule has 2 unspecified atom stereocenters. The number of nitrogens with zero attached hydrogens (tertiary/aromatic N) is 1. The Morgan fingerprint density at radius 1 is 0.595 bits per heavy atom. The molecule has 1 amide bonds. The second kappa shape index (κ2) is 17.9. The molecule has 0 aliphatic carbocycles. The van der Waals surface area contributed by atoms with Gasteiger partial charge in [0.05, 0.1) is 51.8 Å². The molecule has 4 aromatic rings. The van der Waals surface area contributed by atoms with Gasteiger partial charge >= 0.3 is 0 Å². The van der Waals surface area contributed by atoms with Gasteiger partial charge in [-0.1, -0.05) is 121 Å². The predicted octanol–water partition coefficient (Wildman–Crippen LogP) is 6.44. The van der Waals surface area contributed by atoms with Crippen LogP contribution in [0.3, 0.4) is 0 Å². The molecule has 0 radical (unpaired) electrons. The van der Waals surface area contributed by atoms with Crippen LogP contribution in [-0.2, 0) is 50.2 Å². The van der Waals surface area contributed by atoms with Crippen LogP contribution in [0.5, 0.6) is 0 Å². The highest BCUT2D eigenvalue weighted by molar-refractivity contribution is 5.78. The molecule has 0 fully saturated rings. The molecule has 0 N–H and O–H groups in total. The average Bonchev–Trinajstić information content (AvgIpc) is 3.04. The summed E-state index contributed by atoms with van der Waals surface area (Å²) in [5.74, 6) is -0.127. The molecule has 220 valence electrons. The molecule has 2 atom stereocenters. The van der Waals surface area contributed by atoms with Gasteiger partial charge in [-0.3, -0.25) is 4.79 Å². The van der Waals surface area contributed by atoms with Crippen LogP contribution in [0.4, 0.5) is 0 Å². The van der Waals surface area contributed by atoms with E-state index in [9.17, 15) is 4.79 Å². The number of hydrogen-bond donors (Lipinski definition) is 0. The summed E-state index contributed by atoms with van der Waals surface area (Å²) < 4.78 is 24.3. The Morgan fingerprint density at radius 3 is 1.52 bits per heavy atom. The van der Waals surface area contributed by atoms with Crippen molar-refractivity contribution in [3.8, 4) is 0 Å². The summed E-state index contributed by atoms with van der Waals surface area (Å²) in [6, 6.07) is 39.6. The first-order valence-electron chi connectivity index (χ1n) is 14.5. The summed E-state index contributed by atoms with van der Waals surface area (Å²) in [6.45, 7) is 4.74. The largest absolute Gasteiger partial charge is 0.375 e. The van der Waals surface area contributed by atoms with E-state index >= 15 is 0 Å². The number of carbonyl (C=O) groups excluding carboxylic acids is 1.